The molecule has 1 heterocycles. The molecule has 0 bridgehead atoms. The first-order valence-electron chi connectivity index (χ1n) is 9.59. The molecule has 0 spiro atoms. The van der Waals surface area contributed by atoms with Gasteiger partial charge in [-0.25, -0.2) is 17.9 Å². The lowest BCUT2D eigenvalue weighted by Gasteiger charge is -2.15. The van der Waals surface area contributed by atoms with Crippen LogP contribution < -0.4 is 10.0 Å². The van der Waals surface area contributed by atoms with Gasteiger partial charge in [-0.15, -0.1) is 0 Å². The molecule has 0 aliphatic heterocycles. The van der Waals surface area contributed by atoms with E-state index in [9.17, 15) is 26.4 Å². The molecule has 8 nitrogen and oxygen atoms in total. The Morgan fingerprint density at radius 3 is 2.48 bits per heavy atom. The summed E-state index contributed by atoms with van der Waals surface area (Å²) < 4.78 is 72.3. The molecule has 1 aliphatic rings. The highest BCUT2D eigenvalue weighted by atomic mass is 32.2. The molecule has 1 aromatic carbocycles. The van der Waals surface area contributed by atoms with Crippen molar-refractivity contribution in [3.8, 4) is 0 Å². The number of ether oxygens (including phenoxy) is 1. The van der Waals surface area contributed by atoms with Gasteiger partial charge in [0.1, 0.15) is 0 Å². The minimum absolute atomic E-state index is 0.00719. The largest absolute Gasteiger partial charge is 0.453 e. The second-order valence-electron chi connectivity index (χ2n) is 7.51. The quantitative estimate of drug-likeness (QED) is 0.627. The molecule has 0 radical (unpaired) electrons. The number of sulfonamides is 1. The van der Waals surface area contributed by atoms with Gasteiger partial charge >= 0.3 is 12.3 Å². The Morgan fingerprint density at radius 1 is 1.29 bits per heavy atom. The first-order valence-corrected chi connectivity index (χ1v) is 11.1. The van der Waals surface area contributed by atoms with E-state index < -0.39 is 28.0 Å². The maximum absolute atomic E-state index is 13.0. The van der Waals surface area contributed by atoms with Crippen LogP contribution in [-0.2, 0) is 27.5 Å². The third-order valence-electron chi connectivity index (χ3n) is 4.80. The lowest BCUT2D eigenvalue weighted by molar-refractivity contribution is -0.141. The van der Waals surface area contributed by atoms with E-state index in [0.29, 0.717) is 11.4 Å². The van der Waals surface area contributed by atoms with Crippen LogP contribution in [0.25, 0.3) is 0 Å². The molecule has 1 amide bonds. The lowest BCUT2D eigenvalue weighted by Crippen LogP contribution is -2.30. The molecule has 1 atom stereocenters. The van der Waals surface area contributed by atoms with Crippen molar-refractivity contribution < 1.29 is 31.1 Å². The van der Waals surface area contributed by atoms with E-state index in [2.05, 4.69) is 19.9 Å². The molecule has 2 aromatic rings. The first kappa shape index (κ1) is 23.1. The number of alkyl halides is 3. The molecule has 3 rings (SSSR count). The van der Waals surface area contributed by atoms with Gasteiger partial charge in [0.05, 0.1) is 12.0 Å². The van der Waals surface area contributed by atoms with Crippen molar-refractivity contribution in [2.24, 2.45) is 5.92 Å². The van der Waals surface area contributed by atoms with Crippen LogP contribution >= 0.6 is 0 Å². The number of rotatable bonds is 8. The molecule has 31 heavy (non-hydrogen) atoms. The van der Waals surface area contributed by atoms with Crippen LogP contribution in [-0.4, -0.2) is 37.9 Å². The average molecular weight is 460 g/mol. The Bertz CT molecular complexity index is 1030. The smallest absolute Gasteiger partial charge is 0.435 e. The molecular weight excluding hydrogens is 437 g/mol. The summed E-state index contributed by atoms with van der Waals surface area (Å²) in [6.45, 7) is 1.92. The average Bonchev–Trinajstić information content (AvgIpc) is 3.46. The summed E-state index contributed by atoms with van der Waals surface area (Å²) in [5.41, 5.74) is -0.0236. The number of benzene rings is 1. The van der Waals surface area contributed by atoms with Crippen molar-refractivity contribution >= 4 is 21.8 Å². The maximum atomic E-state index is 13.0. The van der Waals surface area contributed by atoms with Gasteiger partial charge < -0.3 is 4.74 Å². The first-order chi connectivity index (χ1) is 14.5. The lowest BCUT2D eigenvalue weighted by atomic mass is 10.2. The van der Waals surface area contributed by atoms with Gasteiger partial charge in [0.25, 0.3) is 0 Å². The second kappa shape index (κ2) is 8.87. The normalized spacial score (nSPS) is 15.5. The summed E-state index contributed by atoms with van der Waals surface area (Å²) in [7, 11) is -2.63. The van der Waals surface area contributed by atoms with E-state index in [1.54, 1.807) is 6.92 Å². The fourth-order valence-corrected chi connectivity index (χ4v) is 4.17. The van der Waals surface area contributed by atoms with Crippen LogP contribution in [0.3, 0.4) is 0 Å². The summed E-state index contributed by atoms with van der Waals surface area (Å²) in [5.74, 6) is -0.224. The van der Waals surface area contributed by atoms with E-state index in [0.717, 1.165) is 18.9 Å². The van der Waals surface area contributed by atoms with E-state index in [-0.39, 0.29) is 29.8 Å². The second-order valence-corrected chi connectivity index (χ2v) is 9.27. The number of nitrogens with one attached hydrogen (secondary N) is 2. The zero-order valence-corrected chi connectivity index (χ0v) is 17.8. The fourth-order valence-electron chi connectivity index (χ4n) is 3.01. The highest BCUT2D eigenvalue weighted by molar-refractivity contribution is 7.89. The Balaban J connectivity index is 1.62. The van der Waals surface area contributed by atoms with Crippen molar-refractivity contribution in [3.05, 3.63) is 41.7 Å². The Kier molecular flexibility index (Phi) is 6.60. The standard InChI is InChI=1S/C19H23F3N4O4S/c1-12(11-26-16(13-3-4-13)9-17(25-26)19(20,21)22)10-23-31(28,29)15-7-5-14(6-8-15)24-18(27)30-2/h5-9,12-13,23H,3-4,10-11H2,1-2H3,(H,24,27). The summed E-state index contributed by atoms with van der Waals surface area (Å²) >= 11 is 0. The molecule has 1 saturated carbocycles. The van der Waals surface area contributed by atoms with Crippen molar-refractivity contribution in [2.45, 2.75) is 43.3 Å². The van der Waals surface area contributed by atoms with Gasteiger partial charge in [0.15, 0.2) is 5.69 Å². The highest BCUT2D eigenvalue weighted by Crippen LogP contribution is 2.42. The topological polar surface area (TPSA) is 102 Å². The van der Waals surface area contributed by atoms with Crippen LogP contribution in [0.4, 0.5) is 23.7 Å². The zero-order valence-electron chi connectivity index (χ0n) is 16.9. The predicted octanol–water partition coefficient (Wildman–Crippen LogP) is 3.57. The van der Waals surface area contributed by atoms with Crippen molar-refractivity contribution in [3.63, 3.8) is 0 Å². The monoisotopic (exact) mass is 460 g/mol. The molecule has 2 N–H and O–H groups in total. The van der Waals surface area contributed by atoms with Crippen molar-refractivity contribution in [1.29, 1.82) is 0 Å². The van der Waals surface area contributed by atoms with Gasteiger partial charge in [-0.05, 0) is 49.1 Å². The summed E-state index contributed by atoms with van der Waals surface area (Å²) in [6, 6.07) is 6.57. The summed E-state index contributed by atoms with van der Waals surface area (Å²) in [5, 5.41) is 6.11. The summed E-state index contributed by atoms with van der Waals surface area (Å²) in [6.07, 6.45) is -3.55. The molecule has 1 fully saturated rings. The number of carbonyl (C=O) groups is 1. The molecular formula is C19H23F3N4O4S. The molecule has 170 valence electrons. The number of halogens is 3. The molecule has 1 unspecified atom stereocenters. The van der Waals surface area contributed by atoms with Gasteiger partial charge in [-0.3, -0.25) is 10.00 Å². The minimum Gasteiger partial charge on any atom is -0.453 e. The van der Waals surface area contributed by atoms with Crippen LogP contribution in [0, 0.1) is 5.92 Å². The number of nitrogens with zero attached hydrogens (tertiary/aromatic N) is 2. The third-order valence-corrected chi connectivity index (χ3v) is 6.24. The van der Waals surface area contributed by atoms with Gasteiger partial charge in [-0.2, -0.15) is 18.3 Å². The number of anilines is 1. The Labute approximate surface area is 177 Å². The Morgan fingerprint density at radius 2 is 1.94 bits per heavy atom. The number of hydrogen-bond donors (Lipinski definition) is 2. The molecule has 0 saturated heterocycles. The minimum atomic E-state index is -4.52. The van der Waals surface area contributed by atoms with E-state index in [1.807, 2.05) is 0 Å². The van der Waals surface area contributed by atoms with Crippen LogP contribution in [0.5, 0.6) is 0 Å². The van der Waals surface area contributed by atoms with Crippen LogP contribution in [0.15, 0.2) is 35.2 Å². The summed E-state index contributed by atoms with van der Waals surface area (Å²) in [4.78, 5) is 11.2. The fraction of sp³-hybridized carbons (Fsp3) is 0.474. The van der Waals surface area contributed by atoms with Gasteiger partial charge in [-0.1, -0.05) is 6.92 Å². The third kappa shape index (κ3) is 5.97. The molecule has 12 heteroatoms. The van der Waals surface area contributed by atoms with E-state index in [1.165, 1.54) is 36.1 Å². The number of carbonyl (C=O) groups excluding carboxylic acids is 1. The predicted molar refractivity (Wildman–Crippen MR) is 106 cm³/mol. The van der Waals surface area contributed by atoms with E-state index >= 15 is 0 Å². The number of amides is 1. The molecule has 1 aliphatic carbocycles. The number of aromatic nitrogens is 2. The maximum Gasteiger partial charge on any atom is 0.435 e. The number of methoxy groups -OCH3 is 1. The van der Waals surface area contributed by atoms with Crippen LogP contribution in [0.2, 0.25) is 0 Å². The highest BCUT2D eigenvalue weighted by Gasteiger charge is 2.38. The zero-order chi connectivity index (χ0) is 22.8. The molecule has 1 aromatic heterocycles. The van der Waals surface area contributed by atoms with E-state index in [4.69, 9.17) is 0 Å². The van der Waals surface area contributed by atoms with Crippen molar-refractivity contribution in [1.82, 2.24) is 14.5 Å². The van der Waals surface area contributed by atoms with Crippen molar-refractivity contribution in [2.75, 3.05) is 19.0 Å². The Hall–Kier alpha value is -2.60. The van der Waals surface area contributed by atoms with Gasteiger partial charge in [0.2, 0.25) is 10.0 Å². The van der Waals surface area contributed by atoms with Crippen LogP contribution in [0.1, 0.15) is 37.1 Å². The van der Waals surface area contributed by atoms with Gasteiger partial charge in [0, 0.05) is 30.4 Å². The SMILES string of the molecule is COC(=O)Nc1ccc(S(=O)(=O)NCC(C)Cn2nc(C(F)(F)F)cc2C2CC2)cc1. The number of hydrogen-bond acceptors (Lipinski definition) is 5.